The standard InChI is InChI=1S/C16H19N3O2S/c1-9-5-6-13(10(2)7-9)18-15(21)12(4)22-16-17-11(3)8-14(20)19-16/h5-8,12H,1-4H3,(H,18,21)(H,17,19,20)/t12-/m1/s1. The predicted molar refractivity (Wildman–Crippen MR) is 89.5 cm³/mol. The van der Waals surface area contributed by atoms with Crippen molar-refractivity contribution in [3.05, 3.63) is 51.4 Å². The number of amides is 1. The Hall–Kier alpha value is -2.08. The van der Waals surface area contributed by atoms with Crippen LogP contribution in [0.15, 0.2) is 34.2 Å². The number of hydrogen-bond acceptors (Lipinski definition) is 4. The molecule has 5 nitrogen and oxygen atoms in total. The molecule has 6 heteroatoms. The number of carbonyl (C=O) groups excluding carboxylic acids is 1. The Morgan fingerprint density at radius 1 is 1.27 bits per heavy atom. The Labute approximate surface area is 133 Å². The lowest BCUT2D eigenvalue weighted by Crippen LogP contribution is -2.23. The number of carbonyl (C=O) groups is 1. The van der Waals surface area contributed by atoms with Gasteiger partial charge in [-0.3, -0.25) is 9.59 Å². The molecule has 0 unspecified atom stereocenters. The van der Waals surface area contributed by atoms with Gasteiger partial charge in [-0.2, -0.15) is 0 Å². The van der Waals surface area contributed by atoms with Gasteiger partial charge in [-0.05, 0) is 39.3 Å². The summed E-state index contributed by atoms with van der Waals surface area (Å²) in [4.78, 5) is 30.5. The highest BCUT2D eigenvalue weighted by Crippen LogP contribution is 2.21. The van der Waals surface area contributed by atoms with Crippen LogP contribution in [0.5, 0.6) is 0 Å². The zero-order valence-electron chi connectivity index (χ0n) is 13.1. The van der Waals surface area contributed by atoms with Gasteiger partial charge in [0.05, 0.1) is 5.25 Å². The molecule has 2 N–H and O–H groups in total. The first-order valence-electron chi connectivity index (χ1n) is 6.98. The molecule has 0 aliphatic carbocycles. The number of aryl methyl sites for hydroxylation is 3. The summed E-state index contributed by atoms with van der Waals surface area (Å²) in [6, 6.07) is 7.30. The van der Waals surface area contributed by atoms with Gasteiger partial charge >= 0.3 is 0 Å². The summed E-state index contributed by atoms with van der Waals surface area (Å²) < 4.78 is 0. The van der Waals surface area contributed by atoms with Crippen LogP contribution in [0.4, 0.5) is 5.69 Å². The molecule has 1 atom stereocenters. The van der Waals surface area contributed by atoms with E-state index in [0.717, 1.165) is 16.8 Å². The van der Waals surface area contributed by atoms with Crippen molar-refractivity contribution < 1.29 is 4.79 Å². The second kappa shape index (κ2) is 6.79. The number of thioether (sulfide) groups is 1. The summed E-state index contributed by atoms with van der Waals surface area (Å²) in [6.07, 6.45) is 0. The third kappa shape index (κ3) is 4.21. The van der Waals surface area contributed by atoms with Crippen LogP contribution in [0.25, 0.3) is 0 Å². The zero-order valence-corrected chi connectivity index (χ0v) is 13.9. The first kappa shape index (κ1) is 16.3. The number of benzene rings is 1. The maximum atomic E-state index is 12.3. The fourth-order valence-corrected chi connectivity index (χ4v) is 2.87. The largest absolute Gasteiger partial charge is 0.325 e. The van der Waals surface area contributed by atoms with Crippen molar-refractivity contribution in [2.45, 2.75) is 38.1 Å². The Bertz CT molecular complexity index is 755. The molecule has 1 heterocycles. The lowest BCUT2D eigenvalue weighted by molar-refractivity contribution is -0.115. The Morgan fingerprint density at radius 3 is 2.64 bits per heavy atom. The van der Waals surface area contributed by atoms with Crippen LogP contribution in [-0.4, -0.2) is 21.1 Å². The van der Waals surface area contributed by atoms with E-state index in [1.807, 2.05) is 32.0 Å². The highest BCUT2D eigenvalue weighted by atomic mass is 32.2. The van der Waals surface area contributed by atoms with Gasteiger partial charge in [-0.15, -0.1) is 0 Å². The van der Waals surface area contributed by atoms with Crippen LogP contribution < -0.4 is 10.9 Å². The van der Waals surface area contributed by atoms with Crippen LogP contribution in [0.3, 0.4) is 0 Å². The molecule has 22 heavy (non-hydrogen) atoms. The number of aromatic amines is 1. The van der Waals surface area contributed by atoms with E-state index in [2.05, 4.69) is 15.3 Å². The maximum absolute atomic E-state index is 12.3. The molecule has 0 spiro atoms. The normalized spacial score (nSPS) is 12.0. The molecule has 1 aromatic carbocycles. The minimum absolute atomic E-state index is 0.124. The number of hydrogen-bond donors (Lipinski definition) is 2. The molecular formula is C16H19N3O2S. The second-order valence-electron chi connectivity index (χ2n) is 5.26. The molecule has 0 saturated carbocycles. The molecule has 0 radical (unpaired) electrons. The number of nitrogens with zero attached hydrogens (tertiary/aromatic N) is 1. The smallest absolute Gasteiger partial charge is 0.251 e. The Kier molecular flexibility index (Phi) is 5.03. The van der Waals surface area contributed by atoms with Crippen molar-refractivity contribution in [1.29, 1.82) is 0 Å². The fraction of sp³-hybridized carbons (Fsp3) is 0.312. The van der Waals surface area contributed by atoms with Crippen molar-refractivity contribution >= 4 is 23.4 Å². The molecule has 0 aliphatic rings. The Morgan fingerprint density at radius 2 is 2.00 bits per heavy atom. The first-order chi connectivity index (χ1) is 10.3. The monoisotopic (exact) mass is 317 g/mol. The number of anilines is 1. The molecule has 0 saturated heterocycles. The molecule has 0 aliphatic heterocycles. The predicted octanol–water partition coefficient (Wildman–Crippen LogP) is 2.81. The number of aromatic nitrogens is 2. The molecule has 2 aromatic rings. The van der Waals surface area contributed by atoms with E-state index in [4.69, 9.17) is 0 Å². The minimum atomic E-state index is -0.370. The lowest BCUT2D eigenvalue weighted by Gasteiger charge is -2.13. The average molecular weight is 317 g/mol. The summed E-state index contributed by atoms with van der Waals surface area (Å²) in [5.41, 5.74) is 3.39. The van der Waals surface area contributed by atoms with Crippen LogP contribution in [0.1, 0.15) is 23.7 Å². The summed E-state index contributed by atoms with van der Waals surface area (Å²) in [5.74, 6) is -0.124. The van der Waals surface area contributed by atoms with Gasteiger partial charge < -0.3 is 10.3 Å². The molecule has 2 rings (SSSR count). The van der Waals surface area contributed by atoms with Crippen molar-refractivity contribution in [1.82, 2.24) is 9.97 Å². The highest BCUT2D eigenvalue weighted by Gasteiger charge is 2.16. The minimum Gasteiger partial charge on any atom is -0.325 e. The lowest BCUT2D eigenvalue weighted by atomic mass is 10.1. The van der Waals surface area contributed by atoms with Crippen LogP contribution in [0.2, 0.25) is 0 Å². The van der Waals surface area contributed by atoms with E-state index >= 15 is 0 Å². The maximum Gasteiger partial charge on any atom is 0.251 e. The summed E-state index contributed by atoms with van der Waals surface area (Å²) in [6.45, 7) is 7.50. The van der Waals surface area contributed by atoms with Crippen LogP contribution in [-0.2, 0) is 4.79 Å². The number of nitrogens with one attached hydrogen (secondary N) is 2. The van der Waals surface area contributed by atoms with E-state index in [1.54, 1.807) is 13.8 Å². The van der Waals surface area contributed by atoms with E-state index in [9.17, 15) is 9.59 Å². The van der Waals surface area contributed by atoms with Gasteiger partial charge in [0, 0.05) is 17.4 Å². The van der Waals surface area contributed by atoms with Crippen LogP contribution in [0, 0.1) is 20.8 Å². The number of H-pyrrole nitrogens is 1. The SMILES string of the molecule is Cc1ccc(NC(=O)[C@@H](C)Sc2nc(C)cc(=O)[nH]2)c(C)c1. The van der Waals surface area contributed by atoms with Crippen molar-refractivity contribution in [3.8, 4) is 0 Å². The van der Waals surface area contributed by atoms with E-state index in [-0.39, 0.29) is 16.7 Å². The molecule has 116 valence electrons. The highest BCUT2D eigenvalue weighted by molar-refractivity contribution is 8.00. The summed E-state index contributed by atoms with van der Waals surface area (Å²) in [5, 5.41) is 2.99. The second-order valence-corrected chi connectivity index (χ2v) is 6.59. The summed E-state index contributed by atoms with van der Waals surface area (Å²) >= 11 is 1.23. The molecule has 0 bridgehead atoms. The molecule has 1 amide bonds. The average Bonchev–Trinajstić information content (AvgIpc) is 2.40. The fourth-order valence-electron chi connectivity index (χ4n) is 2.02. The van der Waals surface area contributed by atoms with E-state index in [1.165, 1.54) is 17.8 Å². The topological polar surface area (TPSA) is 74.8 Å². The first-order valence-corrected chi connectivity index (χ1v) is 7.86. The molecule has 0 fully saturated rings. The van der Waals surface area contributed by atoms with Gasteiger partial charge in [0.15, 0.2) is 5.16 Å². The van der Waals surface area contributed by atoms with Gasteiger partial charge in [0.2, 0.25) is 5.91 Å². The van der Waals surface area contributed by atoms with E-state index in [0.29, 0.717) is 10.9 Å². The van der Waals surface area contributed by atoms with E-state index < -0.39 is 0 Å². The van der Waals surface area contributed by atoms with Gasteiger partial charge in [-0.25, -0.2) is 4.98 Å². The van der Waals surface area contributed by atoms with Gasteiger partial charge in [0.1, 0.15) is 0 Å². The molecular weight excluding hydrogens is 298 g/mol. The van der Waals surface area contributed by atoms with Gasteiger partial charge in [-0.1, -0.05) is 29.5 Å². The molecule has 1 aromatic heterocycles. The number of rotatable bonds is 4. The Balaban J connectivity index is 2.07. The zero-order chi connectivity index (χ0) is 16.3. The quantitative estimate of drug-likeness (QED) is 0.671. The van der Waals surface area contributed by atoms with Crippen molar-refractivity contribution in [2.24, 2.45) is 0 Å². The van der Waals surface area contributed by atoms with Crippen molar-refractivity contribution in [2.75, 3.05) is 5.32 Å². The van der Waals surface area contributed by atoms with Gasteiger partial charge in [0.25, 0.3) is 5.56 Å². The third-order valence-corrected chi connectivity index (χ3v) is 4.13. The van der Waals surface area contributed by atoms with Crippen molar-refractivity contribution in [3.63, 3.8) is 0 Å². The summed E-state index contributed by atoms with van der Waals surface area (Å²) in [7, 11) is 0. The van der Waals surface area contributed by atoms with Crippen LogP contribution >= 0.6 is 11.8 Å². The third-order valence-electron chi connectivity index (χ3n) is 3.15.